The van der Waals surface area contributed by atoms with Crippen molar-refractivity contribution in [3.8, 4) is 0 Å². The standard InChI is InChI=1S/C15H22N2O2/c1-16(2)13-6-4-5-12(9-13)15(19)17(3)10-14(18)11-7-8-11/h4-6,9,11,14,18H,7-8,10H2,1-3H3. The zero-order valence-electron chi connectivity index (χ0n) is 11.8. The van der Waals surface area contributed by atoms with E-state index in [1.807, 2.05) is 43.3 Å². The van der Waals surface area contributed by atoms with Crippen molar-refractivity contribution in [1.82, 2.24) is 4.90 Å². The molecule has 0 saturated heterocycles. The van der Waals surface area contributed by atoms with E-state index in [-0.39, 0.29) is 12.0 Å². The molecule has 0 bridgehead atoms. The van der Waals surface area contributed by atoms with Crippen molar-refractivity contribution >= 4 is 11.6 Å². The van der Waals surface area contributed by atoms with E-state index in [2.05, 4.69) is 0 Å². The van der Waals surface area contributed by atoms with Crippen molar-refractivity contribution < 1.29 is 9.90 Å². The Kier molecular flexibility index (Phi) is 4.10. The van der Waals surface area contributed by atoms with E-state index in [0.29, 0.717) is 18.0 Å². The molecule has 2 rings (SSSR count). The van der Waals surface area contributed by atoms with Gasteiger partial charge in [0, 0.05) is 38.9 Å². The highest BCUT2D eigenvalue weighted by atomic mass is 16.3. The van der Waals surface area contributed by atoms with Gasteiger partial charge in [0.05, 0.1) is 6.10 Å². The number of aliphatic hydroxyl groups is 1. The molecule has 1 saturated carbocycles. The van der Waals surface area contributed by atoms with Gasteiger partial charge >= 0.3 is 0 Å². The predicted octanol–water partition coefficient (Wildman–Crippen LogP) is 1.60. The molecule has 0 heterocycles. The van der Waals surface area contributed by atoms with Gasteiger partial charge in [0.1, 0.15) is 0 Å². The summed E-state index contributed by atoms with van der Waals surface area (Å²) in [5.74, 6) is 0.353. The Labute approximate surface area is 114 Å². The first kappa shape index (κ1) is 13.9. The first-order valence-corrected chi connectivity index (χ1v) is 6.70. The van der Waals surface area contributed by atoms with E-state index in [1.165, 1.54) is 0 Å². The molecule has 1 N–H and O–H groups in total. The van der Waals surface area contributed by atoms with Crippen LogP contribution in [-0.4, -0.2) is 49.7 Å². The molecular weight excluding hydrogens is 240 g/mol. The number of hydrogen-bond acceptors (Lipinski definition) is 3. The quantitative estimate of drug-likeness (QED) is 0.876. The van der Waals surface area contributed by atoms with Crippen LogP contribution in [0.3, 0.4) is 0 Å². The predicted molar refractivity (Wildman–Crippen MR) is 76.5 cm³/mol. The van der Waals surface area contributed by atoms with Gasteiger partial charge in [-0.15, -0.1) is 0 Å². The number of hydrogen-bond donors (Lipinski definition) is 1. The topological polar surface area (TPSA) is 43.8 Å². The fourth-order valence-electron chi connectivity index (χ4n) is 2.13. The minimum absolute atomic E-state index is 0.0385. The summed E-state index contributed by atoms with van der Waals surface area (Å²) in [6.07, 6.45) is 1.78. The Balaban J connectivity index is 2.03. The molecule has 1 unspecified atom stereocenters. The van der Waals surface area contributed by atoms with Crippen LogP contribution in [0.4, 0.5) is 5.69 Å². The van der Waals surface area contributed by atoms with E-state index in [9.17, 15) is 9.90 Å². The maximum atomic E-state index is 12.3. The monoisotopic (exact) mass is 262 g/mol. The van der Waals surface area contributed by atoms with Crippen molar-refractivity contribution in [2.24, 2.45) is 5.92 Å². The second-order valence-electron chi connectivity index (χ2n) is 5.54. The minimum atomic E-state index is -0.383. The summed E-state index contributed by atoms with van der Waals surface area (Å²) < 4.78 is 0. The minimum Gasteiger partial charge on any atom is -0.391 e. The molecule has 1 aliphatic rings. The number of nitrogens with zero attached hydrogens (tertiary/aromatic N) is 2. The Bertz CT molecular complexity index is 455. The molecule has 0 spiro atoms. The van der Waals surface area contributed by atoms with Crippen LogP contribution in [0.5, 0.6) is 0 Å². The van der Waals surface area contributed by atoms with Crippen molar-refractivity contribution in [2.45, 2.75) is 18.9 Å². The van der Waals surface area contributed by atoms with Crippen LogP contribution in [-0.2, 0) is 0 Å². The van der Waals surface area contributed by atoms with Crippen molar-refractivity contribution in [3.63, 3.8) is 0 Å². The summed E-state index contributed by atoms with van der Waals surface area (Å²) >= 11 is 0. The van der Waals surface area contributed by atoms with Crippen LogP contribution in [0.25, 0.3) is 0 Å². The molecule has 19 heavy (non-hydrogen) atoms. The fourth-order valence-corrected chi connectivity index (χ4v) is 2.13. The highest BCUT2D eigenvalue weighted by Crippen LogP contribution is 2.32. The number of rotatable bonds is 5. The van der Waals surface area contributed by atoms with Gasteiger partial charge in [-0.2, -0.15) is 0 Å². The van der Waals surface area contributed by atoms with Gasteiger partial charge in [-0.25, -0.2) is 0 Å². The van der Waals surface area contributed by atoms with E-state index in [1.54, 1.807) is 11.9 Å². The largest absolute Gasteiger partial charge is 0.391 e. The van der Waals surface area contributed by atoms with Gasteiger partial charge in [-0.05, 0) is 37.0 Å². The number of carbonyl (C=O) groups is 1. The van der Waals surface area contributed by atoms with Crippen LogP contribution in [0.2, 0.25) is 0 Å². The lowest BCUT2D eigenvalue weighted by Crippen LogP contribution is -2.35. The zero-order valence-corrected chi connectivity index (χ0v) is 11.8. The Hall–Kier alpha value is -1.55. The van der Waals surface area contributed by atoms with Gasteiger partial charge in [-0.3, -0.25) is 4.79 Å². The highest BCUT2D eigenvalue weighted by Gasteiger charge is 2.31. The van der Waals surface area contributed by atoms with Gasteiger partial charge in [0.15, 0.2) is 0 Å². The average molecular weight is 262 g/mol. The summed E-state index contributed by atoms with van der Waals surface area (Å²) in [6.45, 7) is 0.412. The van der Waals surface area contributed by atoms with Crippen LogP contribution in [0, 0.1) is 5.92 Å². The number of likely N-dealkylation sites (N-methyl/N-ethyl adjacent to an activating group) is 1. The number of aliphatic hydroxyl groups excluding tert-OH is 1. The van der Waals surface area contributed by atoms with Gasteiger partial charge < -0.3 is 14.9 Å². The van der Waals surface area contributed by atoms with E-state index in [0.717, 1.165) is 18.5 Å². The lowest BCUT2D eigenvalue weighted by molar-refractivity contribution is 0.0645. The SMILES string of the molecule is CN(CC(O)C1CC1)C(=O)c1cccc(N(C)C)c1. The second kappa shape index (κ2) is 5.61. The summed E-state index contributed by atoms with van der Waals surface area (Å²) in [5.41, 5.74) is 1.67. The Morgan fingerprint density at radius 3 is 2.63 bits per heavy atom. The molecule has 0 aromatic heterocycles. The molecule has 0 aliphatic heterocycles. The first-order valence-electron chi connectivity index (χ1n) is 6.70. The summed E-state index contributed by atoms with van der Waals surface area (Å²) in [4.78, 5) is 15.9. The summed E-state index contributed by atoms with van der Waals surface area (Å²) in [5, 5.41) is 9.90. The lowest BCUT2D eigenvalue weighted by atomic mass is 10.1. The van der Waals surface area contributed by atoms with Gasteiger partial charge in [0.25, 0.3) is 5.91 Å². The third kappa shape index (κ3) is 3.47. The van der Waals surface area contributed by atoms with Gasteiger partial charge in [0.2, 0.25) is 0 Å². The maximum absolute atomic E-state index is 12.3. The van der Waals surface area contributed by atoms with E-state index in [4.69, 9.17) is 0 Å². The summed E-state index contributed by atoms with van der Waals surface area (Å²) in [6, 6.07) is 7.54. The van der Waals surface area contributed by atoms with Gasteiger partial charge in [-0.1, -0.05) is 6.07 Å². The van der Waals surface area contributed by atoms with Crippen molar-refractivity contribution in [3.05, 3.63) is 29.8 Å². The molecule has 1 aromatic rings. The third-order valence-corrected chi connectivity index (χ3v) is 3.58. The normalized spacial score (nSPS) is 16.0. The third-order valence-electron chi connectivity index (χ3n) is 3.58. The lowest BCUT2D eigenvalue weighted by Gasteiger charge is -2.21. The van der Waals surface area contributed by atoms with E-state index < -0.39 is 0 Å². The van der Waals surface area contributed by atoms with E-state index >= 15 is 0 Å². The summed E-state index contributed by atoms with van der Waals surface area (Å²) in [7, 11) is 5.64. The molecular formula is C15H22N2O2. The molecule has 1 aromatic carbocycles. The molecule has 1 atom stereocenters. The van der Waals surface area contributed by atoms with Crippen LogP contribution < -0.4 is 4.90 Å². The second-order valence-corrected chi connectivity index (χ2v) is 5.54. The Morgan fingerprint density at radius 1 is 1.37 bits per heavy atom. The molecule has 104 valence electrons. The first-order chi connectivity index (χ1) is 8.99. The maximum Gasteiger partial charge on any atom is 0.253 e. The van der Waals surface area contributed by atoms with Crippen LogP contribution >= 0.6 is 0 Å². The van der Waals surface area contributed by atoms with Crippen LogP contribution in [0.1, 0.15) is 23.2 Å². The highest BCUT2D eigenvalue weighted by molar-refractivity contribution is 5.95. The number of anilines is 1. The molecule has 4 heteroatoms. The molecule has 1 aliphatic carbocycles. The average Bonchev–Trinajstić information content (AvgIpc) is 3.22. The smallest absolute Gasteiger partial charge is 0.253 e. The zero-order chi connectivity index (χ0) is 14.0. The number of amides is 1. The van der Waals surface area contributed by atoms with Crippen molar-refractivity contribution in [2.75, 3.05) is 32.6 Å². The molecule has 0 radical (unpaired) electrons. The van der Waals surface area contributed by atoms with Crippen LogP contribution in [0.15, 0.2) is 24.3 Å². The Morgan fingerprint density at radius 2 is 2.05 bits per heavy atom. The molecule has 1 fully saturated rings. The number of carbonyl (C=O) groups excluding carboxylic acids is 1. The fraction of sp³-hybridized carbons (Fsp3) is 0.533. The van der Waals surface area contributed by atoms with Crippen molar-refractivity contribution in [1.29, 1.82) is 0 Å². The number of benzene rings is 1. The molecule has 1 amide bonds. The molecule has 4 nitrogen and oxygen atoms in total.